The van der Waals surface area contributed by atoms with E-state index in [9.17, 15) is 13.2 Å². The summed E-state index contributed by atoms with van der Waals surface area (Å²) in [5.41, 5.74) is 4.21. The van der Waals surface area contributed by atoms with E-state index in [0.717, 1.165) is 31.5 Å². The maximum absolute atomic E-state index is 13.4. The first-order valence-corrected chi connectivity index (χ1v) is 13.6. The Labute approximate surface area is 208 Å². The molecule has 1 aliphatic rings. The van der Waals surface area contributed by atoms with Gasteiger partial charge in [-0.1, -0.05) is 62.4 Å². The Morgan fingerprint density at radius 3 is 2.37 bits per heavy atom. The van der Waals surface area contributed by atoms with Gasteiger partial charge in [0.05, 0.1) is 10.6 Å². The third-order valence-corrected chi connectivity index (χ3v) is 8.16. The molecule has 0 aliphatic carbocycles. The third-order valence-electron chi connectivity index (χ3n) is 6.38. The van der Waals surface area contributed by atoms with Crippen LogP contribution in [0.25, 0.3) is 0 Å². The van der Waals surface area contributed by atoms with Crippen LogP contribution in [-0.2, 0) is 21.2 Å². The Morgan fingerprint density at radius 2 is 1.66 bits per heavy atom. The van der Waals surface area contributed by atoms with E-state index in [2.05, 4.69) is 42.3 Å². The smallest absolute Gasteiger partial charge is 0.264 e. The summed E-state index contributed by atoms with van der Waals surface area (Å²) in [4.78, 5) is 15.3. The van der Waals surface area contributed by atoms with Crippen molar-refractivity contribution in [1.82, 2.24) is 5.32 Å². The maximum Gasteiger partial charge on any atom is 0.264 e. The number of nitrogens with one attached hydrogen (secondary N) is 1. The number of carbonyl (C=O) groups is 1. The van der Waals surface area contributed by atoms with Gasteiger partial charge in [-0.15, -0.1) is 0 Å². The van der Waals surface area contributed by atoms with Crippen LogP contribution in [0.5, 0.6) is 0 Å². The van der Waals surface area contributed by atoms with E-state index in [1.165, 1.54) is 15.6 Å². The van der Waals surface area contributed by atoms with E-state index in [4.69, 9.17) is 0 Å². The lowest BCUT2D eigenvalue weighted by molar-refractivity contribution is -0.119. The minimum absolute atomic E-state index is 0.161. The van der Waals surface area contributed by atoms with Crippen molar-refractivity contribution in [2.45, 2.75) is 37.5 Å². The Balaban J connectivity index is 1.41. The molecule has 0 spiro atoms. The van der Waals surface area contributed by atoms with Gasteiger partial charge in [0, 0.05) is 25.3 Å². The first kappa shape index (κ1) is 24.8. The predicted octanol–water partition coefficient (Wildman–Crippen LogP) is 4.57. The van der Waals surface area contributed by atoms with E-state index >= 15 is 0 Å². The lowest BCUT2D eigenvalue weighted by atomic mass is 10.0. The summed E-state index contributed by atoms with van der Waals surface area (Å²) in [7, 11) is -3.90. The summed E-state index contributed by atoms with van der Waals surface area (Å²) < 4.78 is 28.1. The molecule has 0 unspecified atom stereocenters. The van der Waals surface area contributed by atoms with Crippen molar-refractivity contribution in [2.24, 2.45) is 0 Å². The van der Waals surface area contributed by atoms with Crippen LogP contribution in [0.1, 0.15) is 37.3 Å². The number of rotatable bonds is 10. The molecule has 3 aromatic rings. The monoisotopic (exact) mass is 491 g/mol. The Bertz CT molecular complexity index is 1240. The fourth-order valence-corrected chi connectivity index (χ4v) is 5.83. The maximum atomic E-state index is 13.4. The molecule has 184 valence electrons. The largest absolute Gasteiger partial charge is 0.371 e. The molecule has 1 heterocycles. The molecule has 6 nitrogen and oxygen atoms in total. The highest BCUT2D eigenvalue weighted by atomic mass is 32.2. The number of amides is 1. The molecule has 0 aromatic heterocycles. The van der Waals surface area contributed by atoms with Gasteiger partial charge in [0.15, 0.2) is 0 Å². The van der Waals surface area contributed by atoms with Crippen molar-refractivity contribution in [3.05, 3.63) is 90.0 Å². The summed E-state index contributed by atoms with van der Waals surface area (Å²) in [6.45, 7) is 6.22. The van der Waals surface area contributed by atoms with Crippen LogP contribution < -0.4 is 14.5 Å². The number of benzene rings is 3. The number of hydrogen-bond acceptors (Lipinski definition) is 4. The molecule has 35 heavy (non-hydrogen) atoms. The molecule has 7 heteroatoms. The van der Waals surface area contributed by atoms with Crippen molar-refractivity contribution in [1.29, 1.82) is 0 Å². The zero-order valence-electron chi connectivity index (χ0n) is 20.4. The van der Waals surface area contributed by atoms with Gasteiger partial charge in [0.2, 0.25) is 5.91 Å². The van der Waals surface area contributed by atoms with E-state index in [-0.39, 0.29) is 17.3 Å². The fraction of sp³-hybridized carbons (Fsp3) is 0.321. The molecule has 1 amide bonds. The van der Waals surface area contributed by atoms with Crippen LogP contribution in [0.3, 0.4) is 0 Å². The highest BCUT2D eigenvalue weighted by Gasteiger charge is 2.27. The van der Waals surface area contributed by atoms with Gasteiger partial charge >= 0.3 is 0 Å². The van der Waals surface area contributed by atoms with Gasteiger partial charge in [-0.25, -0.2) is 8.42 Å². The normalized spacial score (nSPS) is 13.1. The summed E-state index contributed by atoms with van der Waals surface area (Å²) in [5.74, 6) is 0.00775. The van der Waals surface area contributed by atoms with Gasteiger partial charge in [-0.2, -0.15) is 0 Å². The molecule has 0 saturated carbocycles. The van der Waals surface area contributed by atoms with Crippen LogP contribution in [0.15, 0.2) is 83.8 Å². The Hall–Kier alpha value is -3.32. The fourth-order valence-electron chi connectivity index (χ4n) is 4.38. The van der Waals surface area contributed by atoms with Crippen molar-refractivity contribution < 1.29 is 13.2 Å². The van der Waals surface area contributed by atoms with Crippen molar-refractivity contribution in [3.63, 3.8) is 0 Å². The summed E-state index contributed by atoms with van der Waals surface area (Å²) >= 11 is 0. The first-order chi connectivity index (χ1) is 16.9. The number of carbonyl (C=O) groups excluding carboxylic acids is 1. The molecule has 0 atom stereocenters. The second-order valence-electron chi connectivity index (χ2n) is 9.14. The number of anilines is 2. The Kier molecular flexibility index (Phi) is 7.76. The van der Waals surface area contributed by atoms with E-state index in [0.29, 0.717) is 18.2 Å². The predicted molar refractivity (Wildman–Crippen MR) is 141 cm³/mol. The molecule has 0 saturated heterocycles. The molecule has 0 bridgehead atoms. The van der Waals surface area contributed by atoms with Crippen LogP contribution >= 0.6 is 0 Å². The first-order valence-electron chi connectivity index (χ1n) is 12.1. The summed E-state index contributed by atoms with van der Waals surface area (Å²) in [5, 5.41) is 2.91. The highest BCUT2D eigenvalue weighted by molar-refractivity contribution is 7.92. The average molecular weight is 492 g/mol. The molecular weight excluding hydrogens is 458 g/mol. The van der Waals surface area contributed by atoms with Crippen molar-refractivity contribution >= 4 is 27.3 Å². The summed E-state index contributed by atoms with van der Waals surface area (Å²) in [6.07, 6.45) is 1.83. The van der Waals surface area contributed by atoms with Crippen LogP contribution in [-0.4, -0.2) is 40.5 Å². The van der Waals surface area contributed by atoms with Gasteiger partial charge in [-0.3, -0.25) is 9.10 Å². The zero-order chi connectivity index (χ0) is 24.8. The topological polar surface area (TPSA) is 69.7 Å². The number of nitrogens with zero attached hydrogens (tertiary/aromatic N) is 2. The van der Waals surface area contributed by atoms with Gasteiger partial charge < -0.3 is 10.2 Å². The van der Waals surface area contributed by atoms with E-state index < -0.39 is 10.0 Å². The lowest BCUT2D eigenvalue weighted by Gasteiger charge is -2.25. The van der Waals surface area contributed by atoms with Gasteiger partial charge in [0.1, 0.15) is 6.54 Å². The SMILES string of the molecule is CC(C)c1ccc(N(CC(=O)NCCCN2CCc3ccccc32)S(=O)(=O)c2ccccc2)cc1. The number of hydrogen-bond donors (Lipinski definition) is 1. The standard InChI is InChI=1S/C28H33N3O3S/c1-22(2)23-13-15-25(16-14-23)31(35(33,34)26-10-4-3-5-11-26)21-28(32)29-18-8-19-30-20-17-24-9-6-7-12-27(24)30/h3-7,9-16,22H,8,17-21H2,1-2H3,(H,29,32). The zero-order valence-corrected chi connectivity index (χ0v) is 21.2. The Morgan fingerprint density at radius 1 is 0.971 bits per heavy atom. The molecule has 4 rings (SSSR count). The molecule has 1 aliphatic heterocycles. The van der Waals surface area contributed by atoms with Crippen LogP contribution in [0.4, 0.5) is 11.4 Å². The molecule has 0 radical (unpaired) electrons. The van der Waals surface area contributed by atoms with E-state index in [1.54, 1.807) is 42.5 Å². The van der Waals surface area contributed by atoms with Crippen molar-refractivity contribution in [3.8, 4) is 0 Å². The number of para-hydroxylation sites is 1. The molecule has 1 N–H and O–H groups in total. The number of fused-ring (bicyclic) bond motifs is 1. The minimum atomic E-state index is -3.90. The van der Waals surface area contributed by atoms with Crippen LogP contribution in [0, 0.1) is 0 Å². The average Bonchev–Trinajstić information content (AvgIpc) is 3.29. The quantitative estimate of drug-likeness (QED) is 0.422. The van der Waals surface area contributed by atoms with E-state index in [1.807, 2.05) is 18.2 Å². The highest BCUT2D eigenvalue weighted by Crippen LogP contribution is 2.27. The number of sulfonamides is 1. The second-order valence-corrected chi connectivity index (χ2v) is 11.0. The van der Waals surface area contributed by atoms with Gasteiger partial charge in [0.25, 0.3) is 10.0 Å². The van der Waals surface area contributed by atoms with Crippen LogP contribution in [0.2, 0.25) is 0 Å². The molecule has 3 aromatic carbocycles. The lowest BCUT2D eigenvalue weighted by Crippen LogP contribution is -2.41. The second kappa shape index (κ2) is 11.0. The summed E-state index contributed by atoms with van der Waals surface area (Å²) in [6, 6.07) is 24.0. The third kappa shape index (κ3) is 5.85. The molecular formula is C28H33N3O3S. The van der Waals surface area contributed by atoms with Gasteiger partial charge in [-0.05, 0) is 60.2 Å². The minimum Gasteiger partial charge on any atom is -0.371 e. The van der Waals surface area contributed by atoms with Crippen molar-refractivity contribution in [2.75, 3.05) is 35.4 Å². The molecule has 0 fully saturated rings.